The van der Waals surface area contributed by atoms with Gasteiger partial charge in [0.1, 0.15) is 0 Å². The summed E-state index contributed by atoms with van der Waals surface area (Å²) in [5.74, 6) is -0.306. The Bertz CT molecular complexity index is 345. The summed E-state index contributed by atoms with van der Waals surface area (Å²) in [7, 11) is 0. The average molecular weight is 176 g/mol. The summed E-state index contributed by atoms with van der Waals surface area (Å²) in [6.45, 7) is 0. The maximum atomic E-state index is 11.3. The summed E-state index contributed by atoms with van der Waals surface area (Å²) in [5, 5.41) is 19.9. The Morgan fingerprint density at radius 3 is 3.15 bits per heavy atom. The van der Waals surface area contributed by atoms with Crippen molar-refractivity contribution in [1.29, 1.82) is 5.26 Å². The quantitative estimate of drug-likeness (QED) is 0.507. The SMILES string of the molecule is N#CCC(=O)C1=CC=CCC1=NO. The third kappa shape index (κ3) is 2.03. The van der Waals surface area contributed by atoms with Gasteiger partial charge in [0.25, 0.3) is 0 Å². The lowest BCUT2D eigenvalue weighted by Gasteiger charge is -2.06. The number of hydrogen-bond donors (Lipinski definition) is 1. The number of nitriles is 1. The van der Waals surface area contributed by atoms with Crippen molar-refractivity contribution in [3.8, 4) is 6.07 Å². The summed E-state index contributed by atoms with van der Waals surface area (Å²) in [6, 6.07) is 1.76. The highest BCUT2D eigenvalue weighted by Gasteiger charge is 2.16. The zero-order chi connectivity index (χ0) is 9.68. The van der Waals surface area contributed by atoms with Gasteiger partial charge >= 0.3 is 0 Å². The Balaban J connectivity index is 2.89. The highest BCUT2D eigenvalue weighted by Crippen LogP contribution is 2.11. The van der Waals surface area contributed by atoms with E-state index in [2.05, 4.69) is 5.16 Å². The largest absolute Gasteiger partial charge is 0.411 e. The molecule has 0 radical (unpaired) electrons. The van der Waals surface area contributed by atoms with E-state index in [9.17, 15) is 4.79 Å². The Morgan fingerprint density at radius 1 is 1.77 bits per heavy atom. The lowest BCUT2D eigenvalue weighted by molar-refractivity contribution is -0.114. The molecule has 0 unspecified atom stereocenters. The molecule has 1 aliphatic carbocycles. The van der Waals surface area contributed by atoms with E-state index in [4.69, 9.17) is 10.5 Å². The van der Waals surface area contributed by atoms with Crippen molar-refractivity contribution in [3.05, 3.63) is 23.8 Å². The molecule has 4 heteroatoms. The van der Waals surface area contributed by atoms with Crippen LogP contribution in [0.5, 0.6) is 0 Å². The average Bonchev–Trinajstić information content (AvgIpc) is 2.18. The van der Waals surface area contributed by atoms with Crippen molar-refractivity contribution in [3.63, 3.8) is 0 Å². The van der Waals surface area contributed by atoms with E-state index in [1.54, 1.807) is 24.3 Å². The van der Waals surface area contributed by atoms with Crippen LogP contribution in [0.15, 0.2) is 29.0 Å². The molecule has 0 aromatic carbocycles. The normalized spacial score (nSPS) is 18.1. The highest BCUT2D eigenvalue weighted by atomic mass is 16.4. The number of carbonyl (C=O) groups is 1. The monoisotopic (exact) mass is 176 g/mol. The molecule has 0 saturated heterocycles. The van der Waals surface area contributed by atoms with Crippen molar-refractivity contribution in [2.75, 3.05) is 0 Å². The van der Waals surface area contributed by atoms with Crippen LogP contribution in [0.1, 0.15) is 12.8 Å². The van der Waals surface area contributed by atoms with Gasteiger partial charge in [-0.25, -0.2) is 0 Å². The summed E-state index contributed by atoms with van der Waals surface area (Å²) in [6.07, 6.45) is 5.29. The fourth-order valence-corrected chi connectivity index (χ4v) is 1.07. The molecule has 66 valence electrons. The molecule has 1 rings (SSSR count). The minimum absolute atomic E-state index is 0.182. The zero-order valence-corrected chi connectivity index (χ0v) is 6.90. The molecule has 0 saturated carbocycles. The van der Waals surface area contributed by atoms with Gasteiger partial charge in [-0.2, -0.15) is 5.26 Å². The minimum atomic E-state index is -0.306. The first-order chi connectivity index (χ1) is 6.29. The summed E-state index contributed by atoms with van der Waals surface area (Å²) in [4.78, 5) is 11.3. The third-order valence-electron chi connectivity index (χ3n) is 1.68. The van der Waals surface area contributed by atoms with Crippen LogP contribution in [0.2, 0.25) is 0 Å². The number of nitrogens with zero attached hydrogens (tertiary/aromatic N) is 2. The van der Waals surface area contributed by atoms with Gasteiger partial charge < -0.3 is 5.21 Å². The standard InChI is InChI=1S/C9H8N2O2/c10-6-5-9(12)7-3-1-2-4-8(7)11-13/h1-3,13H,4-5H2. The lowest BCUT2D eigenvalue weighted by Crippen LogP contribution is -2.13. The van der Waals surface area contributed by atoms with Crippen LogP contribution < -0.4 is 0 Å². The number of hydrogen-bond acceptors (Lipinski definition) is 4. The van der Waals surface area contributed by atoms with Crippen molar-refractivity contribution < 1.29 is 10.0 Å². The van der Waals surface area contributed by atoms with Gasteiger partial charge in [-0.1, -0.05) is 17.3 Å². The number of oxime groups is 1. The van der Waals surface area contributed by atoms with Gasteiger partial charge in [-0.05, 0) is 6.08 Å². The fourth-order valence-electron chi connectivity index (χ4n) is 1.07. The van der Waals surface area contributed by atoms with E-state index in [-0.39, 0.29) is 12.2 Å². The second-order valence-electron chi connectivity index (χ2n) is 2.52. The molecule has 0 spiro atoms. The van der Waals surface area contributed by atoms with Crippen LogP contribution in [0.25, 0.3) is 0 Å². The van der Waals surface area contributed by atoms with Gasteiger partial charge in [0.15, 0.2) is 5.78 Å². The van der Waals surface area contributed by atoms with Crippen LogP contribution >= 0.6 is 0 Å². The van der Waals surface area contributed by atoms with Crippen LogP contribution in [0.4, 0.5) is 0 Å². The molecule has 4 nitrogen and oxygen atoms in total. The first kappa shape index (κ1) is 9.20. The van der Waals surface area contributed by atoms with Crippen molar-refractivity contribution in [2.45, 2.75) is 12.8 Å². The van der Waals surface area contributed by atoms with Gasteiger partial charge in [-0.15, -0.1) is 0 Å². The minimum Gasteiger partial charge on any atom is -0.411 e. The van der Waals surface area contributed by atoms with E-state index in [0.717, 1.165) is 0 Å². The first-order valence-electron chi connectivity index (χ1n) is 3.78. The van der Waals surface area contributed by atoms with Crippen LogP contribution in [-0.2, 0) is 4.79 Å². The Labute approximate surface area is 75.5 Å². The Kier molecular flexibility index (Phi) is 2.98. The number of ketones is 1. The second-order valence-corrected chi connectivity index (χ2v) is 2.52. The molecular formula is C9H8N2O2. The fraction of sp³-hybridized carbons (Fsp3) is 0.222. The predicted molar refractivity (Wildman–Crippen MR) is 46.3 cm³/mol. The van der Waals surface area contributed by atoms with Crippen LogP contribution in [-0.4, -0.2) is 16.7 Å². The molecule has 0 aromatic heterocycles. The smallest absolute Gasteiger partial charge is 0.178 e. The Hall–Kier alpha value is -1.89. The molecule has 1 aliphatic rings. The van der Waals surface area contributed by atoms with Gasteiger partial charge in [0.05, 0.1) is 18.2 Å². The summed E-state index contributed by atoms with van der Waals surface area (Å²) >= 11 is 0. The lowest BCUT2D eigenvalue weighted by atomic mass is 9.97. The third-order valence-corrected chi connectivity index (χ3v) is 1.68. The van der Waals surface area contributed by atoms with Crippen LogP contribution in [0.3, 0.4) is 0 Å². The van der Waals surface area contributed by atoms with Gasteiger partial charge in [-0.3, -0.25) is 4.79 Å². The van der Waals surface area contributed by atoms with Crippen molar-refractivity contribution in [2.24, 2.45) is 5.16 Å². The topological polar surface area (TPSA) is 73.5 Å². The maximum Gasteiger partial charge on any atom is 0.178 e. The number of allylic oxidation sites excluding steroid dienone is 4. The molecule has 0 aromatic rings. The number of carbonyl (C=O) groups excluding carboxylic acids is 1. The molecule has 0 fully saturated rings. The second kappa shape index (κ2) is 4.21. The van der Waals surface area contributed by atoms with E-state index in [1.165, 1.54) is 0 Å². The molecular weight excluding hydrogens is 168 g/mol. The summed E-state index contributed by atoms with van der Waals surface area (Å²) < 4.78 is 0. The molecule has 0 aliphatic heterocycles. The Morgan fingerprint density at radius 2 is 2.54 bits per heavy atom. The number of rotatable bonds is 2. The highest BCUT2D eigenvalue weighted by molar-refractivity contribution is 6.23. The van der Waals surface area contributed by atoms with E-state index in [1.807, 2.05) is 0 Å². The molecule has 0 amide bonds. The van der Waals surface area contributed by atoms with E-state index < -0.39 is 0 Å². The van der Waals surface area contributed by atoms with E-state index >= 15 is 0 Å². The van der Waals surface area contributed by atoms with Crippen molar-refractivity contribution in [1.82, 2.24) is 0 Å². The first-order valence-corrected chi connectivity index (χ1v) is 3.78. The van der Waals surface area contributed by atoms with Crippen molar-refractivity contribution >= 4 is 11.5 Å². The summed E-state index contributed by atoms with van der Waals surface area (Å²) in [5.41, 5.74) is 0.648. The molecule has 0 bridgehead atoms. The van der Waals surface area contributed by atoms with Crippen LogP contribution in [0, 0.1) is 11.3 Å². The maximum absolute atomic E-state index is 11.3. The van der Waals surface area contributed by atoms with Gasteiger partial charge in [0, 0.05) is 12.0 Å². The van der Waals surface area contributed by atoms with Gasteiger partial charge in [0.2, 0.25) is 0 Å². The molecule has 0 heterocycles. The number of Topliss-reactive ketones (excluding diaryl/α,β-unsaturated/α-hetero) is 1. The zero-order valence-electron chi connectivity index (χ0n) is 6.90. The molecule has 1 N–H and O–H groups in total. The molecule has 0 atom stereocenters. The molecule has 13 heavy (non-hydrogen) atoms. The predicted octanol–water partition coefficient (Wildman–Crippen LogP) is 1.19. The van der Waals surface area contributed by atoms with E-state index in [0.29, 0.717) is 17.7 Å².